The summed E-state index contributed by atoms with van der Waals surface area (Å²) in [7, 11) is 0. The van der Waals surface area contributed by atoms with Crippen molar-refractivity contribution in [1.82, 2.24) is 25.9 Å². The van der Waals surface area contributed by atoms with Gasteiger partial charge in [-0.25, -0.2) is 5.43 Å². The largest absolute Gasteiger partial charge is 0.312 e. The molecule has 2 aromatic rings. The number of hydrogen-bond acceptors (Lipinski definition) is 4. The van der Waals surface area contributed by atoms with E-state index < -0.39 is 0 Å². The lowest BCUT2D eigenvalue weighted by atomic mass is 9.94. The molecular weight excluding hydrogens is 286 g/mol. The van der Waals surface area contributed by atoms with Crippen LogP contribution in [0.15, 0.2) is 42.7 Å². The molecule has 23 heavy (non-hydrogen) atoms. The van der Waals surface area contributed by atoms with Gasteiger partial charge in [0, 0.05) is 31.2 Å². The van der Waals surface area contributed by atoms with Gasteiger partial charge in [-0.3, -0.25) is 10.1 Å². The summed E-state index contributed by atoms with van der Waals surface area (Å²) in [6, 6.07) is 11.7. The highest BCUT2D eigenvalue weighted by atomic mass is 15.4. The SMILES string of the molecule is Cc1cnn(C(C)C(C)NCC2CNNC2c2ccccc2)c1. The minimum Gasteiger partial charge on any atom is -0.312 e. The van der Waals surface area contributed by atoms with E-state index in [1.165, 1.54) is 11.1 Å². The summed E-state index contributed by atoms with van der Waals surface area (Å²) in [6.45, 7) is 8.48. The van der Waals surface area contributed by atoms with Crippen molar-refractivity contribution in [2.24, 2.45) is 5.92 Å². The van der Waals surface area contributed by atoms with Crippen LogP contribution in [0.2, 0.25) is 0 Å². The van der Waals surface area contributed by atoms with Crippen molar-refractivity contribution in [1.29, 1.82) is 0 Å². The molecule has 3 N–H and O–H groups in total. The van der Waals surface area contributed by atoms with Crippen molar-refractivity contribution in [3.63, 3.8) is 0 Å². The molecule has 1 aliphatic rings. The van der Waals surface area contributed by atoms with Crippen LogP contribution >= 0.6 is 0 Å². The van der Waals surface area contributed by atoms with E-state index in [2.05, 4.69) is 78.6 Å². The number of aryl methyl sites for hydroxylation is 1. The Kier molecular flexibility index (Phi) is 5.10. The van der Waals surface area contributed by atoms with Crippen molar-refractivity contribution in [3.05, 3.63) is 53.9 Å². The Bertz CT molecular complexity index is 609. The zero-order chi connectivity index (χ0) is 16.2. The highest BCUT2D eigenvalue weighted by molar-refractivity contribution is 5.20. The zero-order valence-electron chi connectivity index (χ0n) is 14.2. The van der Waals surface area contributed by atoms with Gasteiger partial charge < -0.3 is 5.32 Å². The number of aromatic nitrogens is 2. The van der Waals surface area contributed by atoms with E-state index in [4.69, 9.17) is 0 Å². The van der Waals surface area contributed by atoms with E-state index in [9.17, 15) is 0 Å². The normalized spacial score (nSPS) is 23.8. The third-order valence-corrected chi connectivity index (χ3v) is 4.83. The van der Waals surface area contributed by atoms with Gasteiger partial charge in [-0.1, -0.05) is 30.3 Å². The van der Waals surface area contributed by atoms with Crippen LogP contribution in [0.3, 0.4) is 0 Å². The molecular formula is C18H27N5. The second-order valence-corrected chi connectivity index (χ2v) is 6.61. The predicted molar refractivity (Wildman–Crippen MR) is 93.0 cm³/mol. The van der Waals surface area contributed by atoms with Crippen LogP contribution in [0.5, 0.6) is 0 Å². The van der Waals surface area contributed by atoms with Crippen LogP contribution in [0.1, 0.15) is 37.1 Å². The van der Waals surface area contributed by atoms with E-state index in [1.54, 1.807) is 0 Å². The first-order valence-corrected chi connectivity index (χ1v) is 8.42. The number of nitrogens with one attached hydrogen (secondary N) is 3. The van der Waals surface area contributed by atoms with E-state index in [1.807, 2.05) is 10.9 Å². The van der Waals surface area contributed by atoms with Crippen LogP contribution in [-0.2, 0) is 0 Å². The maximum absolute atomic E-state index is 4.43. The van der Waals surface area contributed by atoms with Gasteiger partial charge in [0.1, 0.15) is 0 Å². The second-order valence-electron chi connectivity index (χ2n) is 6.61. The fourth-order valence-corrected chi connectivity index (χ4v) is 3.13. The molecule has 0 spiro atoms. The summed E-state index contributed by atoms with van der Waals surface area (Å²) in [5, 5.41) is 8.12. The molecule has 5 heteroatoms. The molecule has 124 valence electrons. The molecule has 0 saturated carbocycles. The van der Waals surface area contributed by atoms with E-state index in [-0.39, 0.29) is 0 Å². The fourth-order valence-electron chi connectivity index (χ4n) is 3.13. The Morgan fingerprint density at radius 2 is 2.09 bits per heavy atom. The molecule has 0 aliphatic carbocycles. The fraction of sp³-hybridized carbons (Fsp3) is 0.500. The lowest BCUT2D eigenvalue weighted by Crippen LogP contribution is -2.38. The van der Waals surface area contributed by atoms with Crippen LogP contribution in [0.25, 0.3) is 0 Å². The summed E-state index contributed by atoms with van der Waals surface area (Å²) >= 11 is 0. The van der Waals surface area contributed by atoms with Gasteiger partial charge in [0.15, 0.2) is 0 Å². The van der Waals surface area contributed by atoms with E-state index in [0.717, 1.165) is 13.1 Å². The van der Waals surface area contributed by atoms with Gasteiger partial charge in [0.25, 0.3) is 0 Å². The molecule has 1 saturated heterocycles. The molecule has 1 fully saturated rings. The molecule has 4 unspecified atom stereocenters. The molecule has 2 heterocycles. The minimum atomic E-state index is 0.334. The van der Waals surface area contributed by atoms with Crippen LogP contribution in [-0.4, -0.2) is 28.9 Å². The highest BCUT2D eigenvalue weighted by Gasteiger charge is 2.28. The highest BCUT2D eigenvalue weighted by Crippen LogP contribution is 2.24. The Morgan fingerprint density at radius 3 is 2.78 bits per heavy atom. The standard InChI is InChI=1S/C18H27N5/c1-13-9-21-23(12-13)15(3)14(2)19-10-17-11-20-22-18(17)16-7-5-4-6-8-16/h4-9,12,14-15,17-20,22H,10-11H2,1-3H3. The number of rotatable bonds is 6. The van der Waals surface area contributed by atoms with Gasteiger partial charge in [0.2, 0.25) is 0 Å². The number of hydrazine groups is 1. The van der Waals surface area contributed by atoms with Crippen molar-refractivity contribution >= 4 is 0 Å². The Balaban J connectivity index is 1.57. The minimum absolute atomic E-state index is 0.334. The maximum Gasteiger partial charge on any atom is 0.0641 e. The summed E-state index contributed by atoms with van der Waals surface area (Å²) in [6.07, 6.45) is 4.02. The van der Waals surface area contributed by atoms with Gasteiger partial charge in [0.05, 0.1) is 18.3 Å². The zero-order valence-corrected chi connectivity index (χ0v) is 14.2. The first-order chi connectivity index (χ1) is 11.1. The lowest BCUT2D eigenvalue weighted by Gasteiger charge is -2.25. The summed E-state index contributed by atoms with van der Waals surface area (Å²) < 4.78 is 2.05. The smallest absolute Gasteiger partial charge is 0.0641 e. The molecule has 0 radical (unpaired) electrons. The molecule has 0 bridgehead atoms. The topological polar surface area (TPSA) is 53.9 Å². The number of hydrogen-bond donors (Lipinski definition) is 3. The molecule has 3 rings (SSSR count). The van der Waals surface area contributed by atoms with Gasteiger partial charge in [-0.2, -0.15) is 5.10 Å². The van der Waals surface area contributed by atoms with Crippen molar-refractivity contribution in [2.75, 3.05) is 13.1 Å². The van der Waals surface area contributed by atoms with E-state index >= 15 is 0 Å². The Morgan fingerprint density at radius 1 is 1.30 bits per heavy atom. The Labute approximate surface area is 138 Å². The van der Waals surface area contributed by atoms with Crippen molar-refractivity contribution < 1.29 is 0 Å². The number of nitrogens with zero attached hydrogens (tertiary/aromatic N) is 2. The van der Waals surface area contributed by atoms with Crippen LogP contribution < -0.4 is 16.2 Å². The average molecular weight is 313 g/mol. The molecule has 1 aromatic carbocycles. The first-order valence-electron chi connectivity index (χ1n) is 8.42. The summed E-state index contributed by atoms with van der Waals surface area (Å²) in [5.41, 5.74) is 9.25. The van der Waals surface area contributed by atoms with Gasteiger partial charge in [-0.15, -0.1) is 0 Å². The predicted octanol–water partition coefficient (Wildman–Crippen LogP) is 2.20. The quantitative estimate of drug-likeness (QED) is 0.765. The molecule has 4 atom stereocenters. The van der Waals surface area contributed by atoms with Gasteiger partial charge in [-0.05, 0) is 31.9 Å². The molecule has 1 aliphatic heterocycles. The maximum atomic E-state index is 4.43. The average Bonchev–Trinajstić information content (AvgIpc) is 3.21. The number of benzene rings is 1. The first kappa shape index (κ1) is 16.2. The summed E-state index contributed by atoms with van der Waals surface area (Å²) in [4.78, 5) is 0. The molecule has 0 amide bonds. The van der Waals surface area contributed by atoms with Crippen LogP contribution in [0.4, 0.5) is 0 Å². The Hall–Kier alpha value is -1.69. The van der Waals surface area contributed by atoms with Crippen molar-refractivity contribution in [2.45, 2.75) is 38.9 Å². The van der Waals surface area contributed by atoms with Crippen molar-refractivity contribution in [3.8, 4) is 0 Å². The molecule has 5 nitrogen and oxygen atoms in total. The van der Waals surface area contributed by atoms with Gasteiger partial charge >= 0.3 is 0 Å². The second kappa shape index (κ2) is 7.25. The lowest BCUT2D eigenvalue weighted by molar-refractivity contribution is 0.336. The molecule has 1 aromatic heterocycles. The van der Waals surface area contributed by atoms with Crippen LogP contribution in [0, 0.1) is 12.8 Å². The summed E-state index contributed by atoms with van der Waals surface area (Å²) in [5.74, 6) is 0.534. The van der Waals surface area contributed by atoms with E-state index in [0.29, 0.717) is 24.0 Å². The monoisotopic (exact) mass is 313 g/mol. The third-order valence-electron chi connectivity index (χ3n) is 4.83. The third kappa shape index (κ3) is 3.80.